The minimum Gasteiger partial charge on any atom is -0.479 e. The Balaban J connectivity index is 2.03. The highest BCUT2D eigenvalue weighted by Crippen LogP contribution is 2.42. The van der Waals surface area contributed by atoms with Crippen molar-refractivity contribution in [1.29, 1.82) is 0 Å². The molecule has 0 fully saturated rings. The SMILES string of the molecule is C#CCOc1ccc([C@@H]2C(C(=O)OCC)=C(C)N=C3SC=CN32)cc1Cl. The summed E-state index contributed by atoms with van der Waals surface area (Å²) in [5.74, 6) is 2.53. The van der Waals surface area contributed by atoms with E-state index in [1.165, 1.54) is 11.8 Å². The van der Waals surface area contributed by atoms with Crippen LogP contribution in [0, 0.1) is 12.3 Å². The molecule has 2 heterocycles. The van der Waals surface area contributed by atoms with Crippen LogP contribution in [-0.4, -0.2) is 29.3 Å². The maximum absolute atomic E-state index is 12.6. The van der Waals surface area contributed by atoms with E-state index in [-0.39, 0.29) is 18.6 Å². The summed E-state index contributed by atoms with van der Waals surface area (Å²) in [6.45, 7) is 4.02. The molecular weight excluding hydrogens is 372 g/mol. The lowest BCUT2D eigenvalue weighted by atomic mass is 9.95. The molecule has 2 aliphatic heterocycles. The molecule has 26 heavy (non-hydrogen) atoms. The van der Waals surface area contributed by atoms with Gasteiger partial charge in [-0.3, -0.25) is 0 Å². The predicted octanol–water partition coefficient (Wildman–Crippen LogP) is 4.12. The third kappa shape index (κ3) is 3.46. The van der Waals surface area contributed by atoms with Crippen LogP contribution in [0.25, 0.3) is 0 Å². The zero-order valence-electron chi connectivity index (χ0n) is 14.4. The first kappa shape index (κ1) is 18.4. The van der Waals surface area contributed by atoms with Crippen molar-refractivity contribution in [1.82, 2.24) is 4.90 Å². The van der Waals surface area contributed by atoms with Crippen molar-refractivity contribution in [2.75, 3.05) is 13.2 Å². The number of hydrogen-bond acceptors (Lipinski definition) is 6. The lowest BCUT2D eigenvalue weighted by Gasteiger charge is -2.33. The summed E-state index contributed by atoms with van der Waals surface area (Å²) in [5.41, 5.74) is 1.97. The van der Waals surface area contributed by atoms with Crippen LogP contribution in [0.3, 0.4) is 0 Å². The van der Waals surface area contributed by atoms with Gasteiger partial charge in [-0.15, -0.1) is 6.42 Å². The van der Waals surface area contributed by atoms with E-state index < -0.39 is 0 Å². The van der Waals surface area contributed by atoms with Crippen molar-refractivity contribution >= 4 is 34.5 Å². The molecule has 5 nitrogen and oxygen atoms in total. The molecule has 0 unspecified atom stereocenters. The normalized spacial score (nSPS) is 18.3. The number of esters is 1. The summed E-state index contributed by atoms with van der Waals surface area (Å²) in [6.07, 6.45) is 7.12. The van der Waals surface area contributed by atoms with Gasteiger partial charge in [-0.05, 0) is 37.0 Å². The molecule has 0 bridgehead atoms. The van der Waals surface area contributed by atoms with Crippen molar-refractivity contribution in [2.24, 2.45) is 4.99 Å². The average molecular weight is 389 g/mol. The molecule has 0 aliphatic carbocycles. The second-order valence-electron chi connectivity index (χ2n) is 5.51. The predicted molar refractivity (Wildman–Crippen MR) is 104 cm³/mol. The Morgan fingerprint density at radius 2 is 2.31 bits per heavy atom. The van der Waals surface area contributed by atoms with Gasteiger partial charge in [0.05, 0.1) is 28.9 Å². The van der Waals surface area contributed by atoms with E-state index in [0.29, 0.717) is 28.6 Å². The third-order valence-electron chi connectivity index (χ3n) is 3.90. The first-order valence-electron chi connectivity index (χ1n) is 8.00. The topological polar surface area (TPSA) is 51.1 Å². The number of nitrogens with zero attached hydrogens (tertiary/aromatic N) is 2. The second kappa shape index (κ2) is 7.90. The molecule has 7 heteroatoms. The van der Waals surface area contributed by atoms with Gasteiger partial charge in [0.1, 0.15) is 12.4 Å². The van der Waals surface area contributed by atoms with E-state index >= 15 is 0 Å². The van der Waals surface area contributed by atoms with Crippen LogP contribution in [0.1, 0.15) is 25.5 Å². The van der Waals surface area contributed by atoms with Gasteiger partial charge in [-0.25, -0.2) is 9.79 Å². The maximum atomic E-state index is 12.6. The number of aliphatic imine (C=N–C) groups is 1. The summed E-state index contributed by atoms with van der Waals surface area (Å²) < 4.78 is 10.7. The van der Waals surface area contributed by atoms with Gasteiger partial charge in [0.2, 0.25) is 0 Å². The van der Waals surface area contributed by atoms with E-state index in [0.717, 1.165) is 10.7 Å². The van der Waals surface area contributed by atoms with Gasteiger partial charge in [-0.1, -0.05) is 35.3 Å². The highest BCUT2D eigenvalue weighted by Gasteiger charge is 2.37. The Hall–Kier alpha value is -2.36. The Kier molecular flexibility index (Phi) is 5.60. The van der Waals surface area contributed by atoms with Gasteiger partial charge in [0.15, 0.2) is 5.17 Å². The molecule has 1 aromatic carbocycles. The molecule has 1 atom stereocenters. The van der Waals surface area contributed by atoms with Crippen molar-refractivity contribution in [3.63, 3.8) is 0 Å². The molecule has 0 N–H and O–H groups in total. The number of ether oxygens (including phenoxy) is 2. The second-order valence-corrected chi connectivity index (χ2v) is 6.79. The summed E-state index contributed by atoms with van der Waals surface area (Å²) in [4.78, 5) is 19.1. The standard InChI is InChI=1S/C19H17ClN2O3S/c1-4-9-25-15-7-6-13(11-14(15)20)17-16(18(23)24-5-2)12(3)21-19-22(17)8-10-26-19/h1,6-8,10-11,17H,5,9H2,2-3H3/t17-/m1/s1. The smallest absolute Gasteiger partial charge is 0.338 e. The molecular formula is C19H17ClN2O3S. The van der Waals surface area contributed by atoms with Gasteiger partial charge in [-0.2, -0.15) is 0 Å². The summed E-state index contributed by atoms with van der Waals surface area (Å²) in [6, 6.07) is 5.04. The van der Waals surface area contributed by atoms with Crippen LogP contribution in [0.15, 0.2) is 46.1 Å². The quantitative estimate of drug-likeness (QED) is 0.561. The number of thioether (sulfide) groups is 1. The average Bonchev–Trinajstić information content (AvgIpc) is 3.07. The monoisotopic (exact) mass is 388 g/mol. The largest absolute Gasteiger partial charge is 0.479 e. The Morgan fingerprint density at radius 1 is 1.50 bits per heavy atom. The minimum atomic E-state index is -0.383. The van der Waals surface area contributed by atoms with Crippen molar-refractivity contribution in [2.45, 2.75) is 19.9 Å². The van der Waals surface area contributed by atoms with Crippen LogP contribution in [0.4, 0.5) is 0 Å². The summed E-state index contributed by atoms with van der Waals surface area (Å²) >= 11 is 7.86. The van der Waals surface area contributed by atoms with Crippen molar-refractivity contribution in [3.8, 4) is 18.1 Å². The number of halogens is 1. The molecule has 2 aliphatic rings. The zero-order valence-corrected chi connectivity index (χ0v) is 15.9. The minimum absolute atomic E-state index is 0.137. The van der Waals surface area contributed by atoms with Crippen LogP contribution in [0.5, 0.6) is 5.75 Å². The molecule has 0 aromatic heterocycles. The molecule has 0 saturated carbocycles. The molecule has 0 amide bonds. The van der Waals surface area contributed by atoms with E-state index in [2.05, 4.69) is 10.9 Å². The molecule has 0 radical (unpaired) electrons. The Labute approximate surface area is 161 Å². The first-order chi connectivity index (χ1) is 12.6. The summed E-state index contributed by atoms with van der Waals surface area (Å²) in [5, 5.41) is 3.17. The van der Waals surface area contributed by atoms with E-state index in [4.69, 9.17) is 27.5 Å². The molecule has 3 rings (SSSR count). The van der Waals surface area contributed by atoms with Gasteiger partial charge in [0.25, 0.3) is 0 Å². The van der Waals surface area contributed by atoms with E-state index in [1.54, 1.807) is 19.1 Å². The van der Waals surface area contributed by atoms with Crippen LogP contribution < -0.4 is 4.74 Å². The third-order valence-corrected chi connectivity index (χ3v) is 4.96. The van der Waals surface area contributed by atoms with Crippen molar-refractivity contribution < 1.29 is 14.3 Å². The van der Waals surface area contributed by atoms with Gasteiger partial charge < -0.3 is 14.4 Å². The molecule has 0 spiro atoms. The van der Waals surface area contributed by atoms with Crippen molar-refractivity contribution in [3.05, 3.63) is 51.7 Å². The highest BCUT2D eigenvalue weighted by molar-refractivity contribution is 8.16. The molecule has 1 aromatic rings. The number of terminal acetylenes is 1. The lowest BCUT2D eigenvalue weighted by Crippen LogP contribution is -2.34. The van der Waals surface area contributed by atoms with Gasteiger partial charge in [0, 0.05) is 6.20 Å². The highest BCUT2D eigenvalue weighted by atomic mass is 35.5. The Morgan fingerprint density at radius 3 is 3.00 bits per heavy atom. The fraction of sp³-hybridized carbons (Fsp3) is 0.263. The molecule has 0 saturated heterocycles. The zero-order chi connectivity index (χ0) is 18.7. The maximum Gasteiger partial charge on any atom is 0.338 e. The summed E-state index contributed by atoms with van der Waals surface area (Å²) in [7, 11) is 0. The number of benzene rings is 1. The number of hydrogen-bond donors (Lipinski definition) is 0. The number of allylic oxidation sites excluding steroid dienone is 1. The van der Waals surface area contributed by atoms with Crippen LogP contribution in [-0.2, 0) is 9.53 Å². The molecule has 134 valence electrons. The first-order valence-corrected chi connectivity index (χ1v) is 9.26. The number of fused-ring (bicyclic) bond motifs is 1. The number of rotatable bonds is 5. The number of carbonyl (C=O) groups excluding carboxylic acids is 1. The fourth-order valence-electron chi connectivity index (χ4n) is 2.82. The number of amidine groups is 1. The van der Waals surface area contributed by atoms with Gasteiger partial charge >= 0.3 is 5.97 Å². The number of carbonyl (C=O) groups is 1. The Bertz CT molecular complexity index is 870. The van der Waals surface area contributed by atoms with Crippen LogP contribution in [0.2, 0.25) is 5.02 Å². The van der Waals surface area contributed by atoms with Crippen LogP contribution >= 0.6 is 23.4 Å². The lowest BCUT2D eigenvalue weighted by molar-refractivity contribution is -0.139. The van der Waals surface area contributed by atoms with E-state index in [9.17, 15) is 4.79 Å². The fourth-order valence-corrected chi connectivity index (χ4v) is 3.86. The van der Waals surface area contributed by atoms with E-state index in [1.807, 2.05) is 29.5 Å².